The summed E-state index contributed by atoms with van der Waals surface area (Å²) in [6.07, 6.45) is 0.701. The number of ketones is 1. The maximum atomic E-state index is 13.0. The smallest absolute Gasteiger partial charge is 0.331 e. The Morgan fingerprint density at radius 3 is 2.48 bits per heavy atom. The molecular weight excluding hydrogens is 331 g/mol. The number of carbonyl (C=O) groups is 2. The molecule has 140 valence electrons. The summed E-state index contributed by atoms with van der Waals surface area (Å²) < 4.78 is 38.9. The summed E-state index contributed by atoms with van der Waals surface area (Å²) in [5.74, 6) is -0.155. The van der Waals surface area contributed by atoms with Gasteiger partial charge in [0.15, 0.2) is 0 Å². The molecule has 1 aliphatic heterocycles. The van der Waals surface area contributed by atoms with E-state index in [-0.39, 0.29) is 23.4 Å². The highest BCUT2D eigenvalue weighted by atomic mass is 19.4. The van der Waals surface area contributed by atoms with Crippen LogP contribution in [0.15, 0.2) is 0 Å². The second-order valence-corrected chi connectivity index (χ2v) is 9.14. The lowest BCUT2D eigenvalue weighted by Crippen LogP contribution is -2.56. The lowest BCUT2D eigenvalue weighted by Gasteiger charge is -2.56. The second-order valence-electron chi connectivity index (χ2n) is 9.14. The maximum Gasteiger partial charge on any atom is 0.471 e. The lowest BCUT2D eigenvalue weighted by molar-refractivity contribution is -0.189. The number of nitrogens with zero attached hydrogens (tertiary/aromatic N) is 1. The molecule has 4 aliphatic rings. The standard InChI is InChI=1S/C19H26F3NO2/c1-17-9-10-23(16(25)19(20,21)22)14(17)5-3-11-12-4-6-15(24)18(12,2)8-7-13(11)17/h11-14H,3-10H2,1-2H3. The molecule has 3 nitrogen and oxygen atoms in total. The van der Waals surface area contributed by atoms with Crippen molar-refractivity contribution in [2.45, 2.75) is 71.0 Å². The van der Waals surface area contributed by atoms with Crippen LogP contribution in [0.4, 0.5) is 13.2 Å². The largest absolute Gasteiger partial charge is 0.471 e. The van der Waals surface area contributed by atoms with Gasteiger partial charge in [-0.2, -0.15) is 13.2 Å². The number of Topliss-reactive ketones (excluding diaryl/α,β-unsaturated/α-hetero) is 1. The van der Waals surface area contributed by atoms with Crippen molar-refractivity contribution in [2.75, 3.05) is 6.54 Å². The molecule has 1 heterocycles. The maximum absolute atomic E-state index is 13.0. The number of hydrogen-bond acceptors (Lipinski definition) is 2. The predicted octanol–water partition coefficient (Wildman–Crippen LogP) is 3.96. The van der Waals surface area contributed by atoms with Crippen molar-refractivity contribution >= 4 is 11.7 Å². The van der Waals surface area contributed by atoms with Gasteiger partial charge in [0.25, 0.3) is 0 Å². The van der Waals surface area contributed by atoms with E-state index in [1.54, 1.807) is 0 Å². The molecule has 25 heavy (non-hydrogen) atoms. The fourth-order valence-electron chi connectivity index (χ4n) is 6.99. The molecule has 0 radical (unpaired) electrons. The molecule has 4 fully saturated rings. The normalized spacial score (nSPS) is 46.6. The van der Waals surface area contributed by atoms with Crippen LogP contribution in [0, 0.1) is 28.6 Å². The molecule has 0 spiro atoms. The molecule has 3 aliphatic carbocycles. The average Bonchev–Trinajstić information content (AvgIpc) is 3.03. The van der Waals surface area contributed by atoms with Crippen molar-refractivity contribution in [3.8, 4) is 0 Å². The molecule has 0 N–H and O–H groups in total. The monoisotopic (exact) mass is 357 g/mol. The zero-order valence-corrected chi connectivity index (χ0v) is 14.9. The first-order valence-corrected chi connectivity index (χ1v) is 9.50. The van der Waals surface area contributed by atoms with Gasteiger partial charge in [-0.1, -0.05) is 13.8 Å². The van der Waals surface area contributed by atoms with Crippen LogP contribution in [0.1, 0.15) is 58.8 Å². The van der Waals surface area contributed by atoms with Gasteiger partial charge < -0.3 is 4.90 Å². The molecule has 0 bridgehead atoms. The van der Waals surface area contributed by atoms with E-state index < -0.39 is 12.1 Å². The number of amides is 1. The van der Waals surface area contributed by atoms with Gasteiger partial charge >= 0.3 is 12.1 Å². The number of hydrogen-bond donors (Lipinski definition) is 0. The number of fused-ring (bicyclic) bond motifs is 5. The van der Waals surface area contributed by atoms with Crippen LogP contribution >= 0.6 is 0 Å². The summed E-state index contributed by atoms with van der Waals surface area (Å²) in [5.41, 5.74) is -0.457. The van der Waals surface area contributed by atoms with Gasteiger partial charge in [0.2, 0.25) is 0 Å². The Morgan fingerprint density at radius 2 is 1.80 bits per heavy atom. The SMILES string of the molecule is CC12CCC3C(CCC4N(C(=O)C(F)(F)F)CCC34C)C1CCC2=O. The van der Waals surface area contributed by atoms with Crippen molar-refractivity contribution in [1.82, 2.24) is 4.90 Å². The molecule has 0 aromatic heterocycles. The Kier molecular flexibility index (Phi) is 3.63. The summed E-state index contributed by atoms with van der Waals surface area (Å²) in [6.45, 7) is 4.41. The zero-order valence-electron chi connectivity index (χ0n) is 14.9. The van der Waals surface area contributed by atoms with Gasteiger partial charge in [-0.25, -0.2) is 0 Å². The molecule has 6 atom stereocenters. The minimum absolute atomic E-state index is 0.212. The molecule has 6 heteroatoms. The van der Waals surface area contributed by atoms with Gasteiger partial charge in [0.1, 0.15) is 5.78 Å². The van der Waals surface area contributed by atoms with E-state index in [2.05, 4.69) is 13.8 Å². The first-order valence-electron chi connectivity index (χ1n) is 9.50. The van der Waals surface area contributed by atoms with E-state index in [0.717, 1.165) is 30.6 Å². The zero-order chi connectivity index (χ0) is 18.2. The minimum Gasteiger partial charge on any atom is -0.331 e. The van der Waals surface area contributed by atoms with Crippen molar-refractivity contribution in [3.05, 3.63) is 0 Å². The first kappa shape index (κ1) is 17.3. The van der Waals surface area contributed by atoms with Gasteiger partial charge in [0.05, 0.1) is 0 Å². The van der Waals surface area contributed by atoms with Crippen LogP contribution in [0.25, 0.3) is 0 Å². The van der Waals surface area contributed by atoms with Gasteiger partial charge in [0, 0.05) is 24.4 Å². The van der Waals surface area contributed by atoms with Crippen molar-refractivity contribution in [3.63, 3.8) is 0 Å². The van der Waals surface area contributed by atoms with E-state index in [1.807, 2.05) is 0 Å². The van der Waals surface area contributed by atoms with E-state index in [4.69, 9.17) is 0 Å². The molecule has 0 aromatic rings. The number of alkyl halides is 3. The highest BCUT2D eigenvalue weighted by Crippen LogP contribution is 2.64. The fourth-order valence-corrected chi connectivity index (χ4v) is 6.99. The summed E-state index contributed by atoms with van der Waals surface area (Å²) in [4.78, 5) is 25.3. The molecule has 0 aromatic carbocycles. The Hall–Kier alpha value is -1.07. The summed E-state index contributed by atoms with van der Waals surface area (Å²) in [6, 6.07) is -0.302. The topological polar surface area (TPSA) is 37.4 Å². The number of likely N-dealkylation sites (tertiary alicyclic amines) is 1. The van der Waals surface area contributed by atoms with Crippen molar-refractivity contribution < 1.29 is 22.8 Å². The van der Waals surface area contributed by atoms with Crippen LogP contribution in [-0.2, 0) is 9.59 Å². The highest BCUT2D eigenvalue weighted by molar-refractivity contribution is 5.87. The van der Waals surface area contributed by atoms with E-state index in [9.17, 15) is 22.8 Å². The van der Waals surface area contributed by atoms with Crippen LogP contribution < -0.4 is 0 Å². The lowest BCUT2D eigenvalue weighted by atomic mass is 9.49. The van der Waals surface area contributed by atoms with Crippen LogP contribution in [0.5, 0.6) is 0 Å². The summed E-state index contributed by atoms with van der Waals surface area (Å²) in [5, 5.41) is 0. The number of halogens is 3. The highest BCUT2D eigenvalue weighted by Gasteiger charge is 2.63. The molecule has 6 unspecified atom stereocenters. The molecule has 1 saturated heterocycles. The quantitative estimate of drug-likeness (QED) is 0.658. The van der Waals surface area contributed by atoms with Crippen molar-refractivity contribution in [1.29, 1.82) is 0 Å². The van der Waals surface area contributed by atoms with E-state index >= 15 is 0 Å². The Morgan fingerprint density at radius 1 is 1.08 bits per heavy atom. The average molecular weight is 357 g/mol. The number of rotatable bonds is 0. The molecule has 1 amide bonds. The third kappa shape index (κ3) is 2.24. The van der Waals surface area contributed by atoms with Gasteiger partial charge in [-0.05, 0) is 61.7 Å². The Balaban J connectivity index is 1.61. The Labute approximate surface area is 146 Å². The third-order valence-corrected chi connectivity index (χ3v) is 8.30. The van der Waals surface area contributed by atoms with E-state index in [0.29, 0.717) is 42.8 Å². The minimum atomic E-state index is -4.79. The predicted molar refractivity (Wildman–Crippen MR) is 85.6 cm³/mol. The Bertz CT molecular complexity index is 618. The number of carbonyl (C=O) groups excluding carboxylic acids is 2. The molecule has 3 saturated carbocycles. The summed E-state index contributed by atoms with van der Waals surface area (Å²) in [7, 11) is 0. The first-order chi connectivity index (χ1) is 11.6. The fraction of sp³-hybridized carbons (Fsp3) is 0.895. The van der Waals surface area contributed by atoms with Crippen molar-refractivity contribution in [2.24, 2.45) is 28.6 Å². The van der Waals surface area contributed by atoms with Crippen LogP contribution in [0.3, 0.4) is 0 Å². The van der Waals surface area contributed by atoms with Crippen LogP contribution in [0.2, 0.25) is 0 Å². The molecule has 4 rings (SSSR count). The second kappa shape index (κ2) is 5.23. The van der Waals surface area contributed by atoms with Gasteiger partial charge in [-0.3, -0.25) is 9.59 Å². The third-order valence-electron chi connectivity index (χ3n) is 8.30. The van der Waals surface area contributed by atoms with E-state index in [1.165, 1.54) is 0 Å². The van der Waals surface area contributed by atoms with Gasteiger partial charge in [-0.15, -0.1) is 0 Å². The molecular formula is C19H26F3NO2. The summed E-state index contributed by atoms with van der Waals surface area (Å²) >= 11 is 0. The van der Waals surface area contributed by atoms with Crippen LogP contribution in [-0.4, -0.2) is 35.4 Å².